The monoisotopic (exact) mass is 428 g/mol. The largest absolute Gasteiger partial charge is 0.468 e. The summed E-state index contributed by atoms with van der Waals surface area (Å²) in [6.45, 7) is 4.30. The summed E-state index contributed by atoms with van der Waals surface area (Å²) in [7, 11) is 1.28. The van der Waals surface area contributed by atoms with Crippen molar-refractivity contribution in [3.63, 3.8) is 0 Å². The van der Waals surface area contributed by atoms with Crippen molar-refractivity contribution in [2.75, 3.05) is 7.11 Å². The first-order chi connectivity index (χ1) is 14.3. The Bertz CT molecular complexity index is 1220. The molecule has 30 heavy (non-hydrogen) atoms. The smallest absolute Gasteiger partial charge is 0.332 e. The van der Waals surface area contributed by atoms with Crippen LogP contribution in [0.25, 0.3) is 10.2 Å². The summed E-state index contributed by atoms with van der Waals surface area (Å²) >= 11 is 1.40. The summed E-state index contributed by atoms with van der Waals surface area (Å²) < 4.78 is 13.8. The van der Waals surface area contributed by atoms with E-state index in [1.165, 1.54) is 27.6 Å². The van der Waals surface area contributed by atoms with Gasteiger partial charge in [0.25, 0.3) is 5.56 Å². The summed E-state index contributed by atoms with van der Waals surface area (Å²) in [6, 6.07) is 9.68. The van der Waals surface area contributed by atoms with Crippen LogP contribution in [0.5, 0.6) is 0 Å². The number of nitrogens with zero attached hydrogens (tertiary/aromatic N) is 2. The molecule has 7 nitrogen and oxygen atoms in total. The van der Waals surface area contributed by atoms with E-state index in [9.17, 15) is 14.4 Å². The van der Waals surface area contributed by atoms with Crippen molar-refractivity contribution in [2.45, 2.75) is 52.0 Å². The third-order valence-electron chi connectivity index (χ3n) is 5.41. The second-order valence-corrected chi connectivity index (χ2v) is 9.15. The molecule has 0 spiro atoms. The molecule has 0 bridgehead atoms. The molecule has 4 rings (SSSR count). The first kappa shape index (κ1) is 20.6. The van der Waals surface area contributed by atoms with E-state index in [1.54, 1.807) is 0 Å². The highest BCUT2D eigenvalue weighted by atomic mass is 32.1. The molecule has 158 valence electrons. The lowest BCUT2D eigenvalue weighted by molar-refractivity contribution is -0.141. The SMILES string of the molecule is COC(=O)Cn1c(=O)n(CCc2ccccc2)c(=O)c2sc3c(c21)COC(C)(C)C3. The van der Waals surface area contributed by atoms with Gasteiger partial charge in [0.1, 0.15) is 11.2 Å². The van der Waals surface area contributed by atoms with Gasteiger partial charge < -0.3 is 9.47 Å². The van der Waals surface area contributed by atoms with Crippen LogP contribution in [-0.4, -0.2) is 27.8 Å². The van der Waals surface area contributed by atoms with Crippen LogP contribution in [0.1, 0.15) is 29.9 Å². The summed E-state index contributed by atoms with van der Waals surface area (Å²) in [4.78, 5) is 39.6. The number of ether oxygens (including phenoxy) is 2. The Kier molecular flexibility index (Phi) is 5.38. The summed E-state index contributed by atoms with van der Waals surface area (Å²) in [6.07, 6.45) is 1.19. The molecular formula is C22H24N2O5S. The predicted molar refractivity (Wildman–Crippen MR) is 115 cm³/mol. The second kappa shape index (κ2) is 7.85. The van der Waals surface area contributed by atoms with Crippen molar-refractivity contribution in [3.8, 4) is 0 Å². The Morgan fingerprint density at radius 3 is 2.63 bits per heavy atom. The molecule has 1 aromatic carbocycles. The minimum Gasteiger partial charge on any atom is -0.468 e. The maximum atomic E-state index is 13.3. The van der Waals surface area contributed by atoms with Crippen molar-refractivity contribution in [3.05, 3.63) is 67.2 Å². The number of methoxy groups -OCH3 is 1. The zero-order valence-corrected chi connectivity index (χ0v) is 18.1. The third-order valence-corrected chi connectivity index (χ3v) is 6.62. The first-order valence-corrected chi connectivity index (χ1v) is 10.6. The Labute approximate surface area is 177 Å². The van der Waals surface area contributed by atoms with Gasteiger partial charge >= 0.3 is 11.7 Å². The Balaban J connectivity index is 1.88. The summed E-state index contributed by atoms with van der Waals surface area (Å²) in [5.74, 6) is -0.538. The fourth-order valence-corrected chi connectivity index (χ4v) is 5.28. The molecule has 3 heterocycles. The maximum Gasteiger partial charge on any atom is 0.332 e. The van der Waals surface area contributed by atoms with E-state index in [-0.39, 0.29) is 24.2 Å². The first-order valence-electron chi connectivity index (χ1n) is 9.83. The Morgan fingerprint density at radius 2 is 1.93 bits per heavy atom. The maximum absolute atomic E-state index is 13.3. The normalized spacial score (nSPS) is 15.2. The van der Waals surface area contributed by atoms with E-state index >= 15 is 0 Å². The van der Waals surface area contributed by atoms with Crippen molar-refractivity contribution < 1.29 is 14.3 Å². The highest BCUT2D eigenvalue weighted by molar-refractivity contribution is 7.19. The third kappa shape index (κ3) is 3.73. The standard InChI is InChI=1S/C22H24N2O5S/c1-22(2)11-16-15(13-29-22)18-19(30-16)20(26)23(10-9-14-7-5-4-6-8-14)21(27)24(18)12-17(25)28-3/h4-8H,9-13H2,1-3H3. The van der Waals surface area contributed by atoms with Crippen LogP contribution in [0.4, 0.5) is 0 Å². The van der Waals surface area contributed by atoms with E-state index in [2.05, 4.69) is 0 Å². The lowest BCUT2D eigenvalue weighted by Crippen LogP contribution is -2.41. The number of thiophene rings is 1. The number of benzene rings is 1. The van der Waals surface area contributed by atoms with Gasteiger partial charge in [-0.05, 0) is 25.8 Å². The fraction of sp³-hybridized carbons (Fsp3) is 0.409. The highest BCUT2D eigenvalue weighted by Gasteiger charge is 2.32. The zero-order chi connectivity index (χ0) is 21.5. The average molecular weight is 429 g/mol. The number of carbonyl (C=O) groups is 1. The molecular weight excluding hydrogens is 404 g/mol. The van der Waals surface area contributed by atoms with Gasteiger partial charge in [-0.3, -0.25) is 18.7 Å². The van der Waals surface area contributed by atoms with Gasteiger partial charge in [-0.15, -0.1) is 11.3 Å². The molecule has 1 aliphatic heterocycles. The molecule has 0 saturated carbocycles. The number of hydrogen-bond acceptors (Lipinski definition) is 6. The Morgan fingerprint density at radius 1 is 1.20 bits per heavy atom. The minimum atomic E-state index is -0.538. The van der Waals surface area contributed by atoms with Gasteiger partial charge in [0.15, 0.2) is 0 Å². The molecule has 2 aromatic heterocycles. The number of hydrogen-bond donors (Lipinski definition) is 0. The number of esters is 1. The molecule has 0 saturated heterocycles. The summed E-state index contributed by atoms with van der Waals surface area (Å²) in [5, 5.41) is 0. The number of aromatic nitrogens is 2. The Hall–Kier alpha value is -2.71. The molecule has 0 radical (unpaired) electrons. The minimum absolute atomic E-state index is 0.239. The van der Waals surface area contributed by atoms with Crippen LogP contribution in [0.15, 0.2) is 39.9 Å². The van der Waals surface area contributed by atoms with Crippen molar-refractivity contribution >= 4 is 27.5 Å². The van der Waals surface area contributed by atoms with Crippen molar-refractivity contribution in [1.82, 2.24) is 9.13 Å². The lowest BCUT2D eigenvalue weighted by atomic mass is 9.98. The van der Waals surface area contributed by atoms with Crippen LogP contribution in [0.3, 0.4) is 0 Å². The van der Waals surface area contributed by atoms with Gasteiger partial charge in [-0.1, -0.05) is 30.3 Å². The molecule has 0 N–H and O–H groups in total. The van der Waals surface area contributed by atoms with Gasteiger partial charge in [-0.2, -0.15) is 0 Å². The zero-order valence-electron chi connectivity index (χ0n) is 17.3. The number of rotatable bonds is 5. The van der Waals surface area contributed by atoms with Crippen molar-refractivity contribution in [1.29, 1.82) is 0 Å². The van der Waals surface area contributed by atoms with Gasteiger partial charge in [-0.25, -0.2) is 4.79 Å². The number of fused-ring (bicyclic) bond motifs is 3. The molecule has 0 unspecified atom stereocenters. The van der Waals surface area contributed by atoms with Gasteiger partial charge in [0.2, 0.25) is 0 Å². The quantitative estimate of drug-likeness (QED) is 0.584. The summed E-state index contributed by atoms with van der Waals surface area (Å²) in [5.41, 5.74) is 1.20. The van der Waals surface area contributed by atoms with Gasteiger partial charge in [0, 0.05) is 23.4 Å². The van der Waals surface area contributed by atoms with Crippen LogP contribution in [0, 0.1) is 0 Å². The number of aryl methyl sites for hydroxylation is 1. The second-order valence-electron chi connectivity index (χ2n) is 8.04. The highest BCUT2D eigenvalue weighted by Crippen LogP contribution is 2.37. The molecule has 0 amide bonds. The average Bonchev–Trinajstić information content (AvgIpc) is 3.09. The van der Waals surface area contributed by atoms with E-state index in [0.717, 1.165) is 16.0 Å². The molecule has 0 fully saturated rings. The number of carbonyl (C=O) groups excluding carboxylic acids is 1. The molecule has 0 aliphatic carbocycles. The van der Waals surface area contributed by atoms with Crippen LogP contribution >= 0.6 is 11.3 Å². The molecule has 0 atom stereocenters. The topological polar surface area (TPSA) is 79.5 Å². The lowest BCUT2D eigenvalue weighted by Gasteiger charge is -2.30. The molecule has 1 aliphatic rings. The van der Waals surface area contributed by atoms with E-state index in [0.29, 0.717) is 29.7 Å². The van der Waals surface area contributed by atoms with E-state index in [4.69, 9.17) is 9.47 Å². The van der Waals surface area contributed by atoms with E-state index in [1.807, 2.05) is 44.2 Å². The van der Waals surface area contributed by atoms with E-state index < -0.39 is 11.7 Å². The van der Waals surface area contributed by atoms with Gasteiger partial charge in [0.05, 0.1) is 24.8 Å². The van der Waals surface area contributed by atoms with Crippen molar-refractivity contribution in [2.24, 2.45) is 0 Å². The molecule has 8 heteroatoms. The molecule has 3 aromatic rings. The van der Waals surface area contributed by atoms with Crippen LogP contribution < -0.4 is 11.2 Å². The van der Waals surface area contributed by atoms with Crippen LogP contribution in [-0.2, 0) is 46.8 Å². The fourth-order valence-electron chi connectivity index (χ4n) is 3.80. The predicted octanol–water partition coefficient (Wildman–Crippen LogP) is 2.49. The van der Waals surface area contributed by atoms with Crippen LogP contribution in [0.2, 0.25) is 0 Å².